The van der Waals surface area contributed by atoms with Crippen molar-refractivity contribution in [3.05, 3.63) is 42.0 Å². The topological polar surface area (TPSA) is 122 Å². The molecular formula is C21H27F3N6O4. The maximum Gasteiger partial charge on any atom is 0.490 e. The van der Waals surface area contributed by atoms with E-state index in [1.807, 2.05) is 6.20 Å². The number of carbonyl (C=O) groups excluding carboxylic acids is 1. The van der Waals surface area contributed by atoms with E-state index in [1.165, 1.54) is 18.1 Å². The third-order valence-corrected chi connectivity index (χ3v) is 5.64. The summed E-state index contributed by atoms with van der Waals surface area (Å²) < 4.78 is 39.3. The minimum absolute atomic E-state index is 0.106. The van der Waals surface area contributed by atoms with Crippen LogP contribution in [0, 0.1) is 11.8 Å². The average molecular weight is 484 g/mol. The fourth-order valence-corrected chi connectivity index (χ4v) is 3.95. The van der Waals surface area contributed by atoms with Crippen LogP contribution in [-0.2, 0) is 22.6 Å². The number of aromatic nitrogens is 4. The molecule has 2 aromatic rings. The van der Waals surface area contributed by atoms with Gasteiger partial charge in [-0.15, -0.1) is 0 Å². The van der Waals surface area contributed by atoms with Crippen molar-refractivity contribution in [2.75, 3.05) is 32.8 Å². The molecule has 1 fully saturated rings. The fourth-order valence-electron chi connectivity index (χ4n) is 3.95. The van der Waals surface area contributed by atoms with Crippen molar-refractivity contribution in [3.63, 3.8) is 0 Å². The number of carbonyl (C=O) groups is 2. The molecular weight excluding hydrogens is 457 g/mol. The Bertz CT molecular complexity index is 934. The van der Waals surface area contributed by atoms with Gasteiger partial charge in [-0.2, -0.15) is 28.5 Å². The number of halogens is 3. The Hall–Kier alpha value is -3.06. The molecule has 10 nitrogen and oxygen atoms in total. The van der Waals surface area contributed by atoms with Crippen molar-refractivity contribution >= 4 is 11.9 Å². The Kier molecular flexibility index (Phi) is 8.93. The second-order valence-electron chi connectivity index (χ2n) is 8.26. The van der Waals surface area contributed by atoms with E-state index in [4.69, 9.17) is 14.6 Å². The van der Waals surface area contributed by atoms with Crippen LogP contribution in [0.15, 0.2) is 30.7 Å². The van der Waals surface area contributed by atoms with Crippen LogP contribution in [0.5, 0.6) is 0 Å². The number of ether oxygens (including phenoxy) is 1. The molecule has 0 saturated carbocycles. The molecule has 0 spiro atoms. The summed E-state index contributed by atoms with van der Waals surface area (Å²) in [4.78, 5) is 23.7. The molecule has 0 aliphatic carbocycles. The first-order valence-corrected chi connectivity index (χ1v) is 10.9. The van der Waals surface area contributed by atoms with Gasteiger partial charge in [0.15, 0.2) is 0 Å². The normalized spacial score (nSPS) is 19.3. The zero-order valence-corrected chi connectivity index (χ0v) is 18.4. The van der Waals surface area contributed by atoms with E-state index < -0.39 is 12.1 Å². The number of carboxylic acid groups (broad SMARTS) is 1. The second-order valence-corrected chi connectivity index (χ2v) is 8.26. The minimum Gasteiger partial charge on any atom is -0.475 e. The lowest BCUT2D eigenvalue weighted by atomic mass is 9.99. The van der Waals surface area contributed by atoms with Crippen LogP contribution in [0.1, 0.15) is 28.9 Å². The molecule has 0 bridgehead atoms. The number of alkyl halides is 3. The van der Waals surface area contributed by atoms with Gasteiger partial charge < -0.3 is 15.2 Å². The van der Waals surface area contributed by atoms with Crippen LogP contribution in [0.2, 0.25) is 0 Å². The molecule has 1 atom stereocenters. The first-order chi connectivity index (χ1) is 16.2. The smallest absolute Gasteiger partial charge is 0.475 e. The number of nitrogens with one attached hydrogen (secondary N) is 1. The van der Waals surface area contributed by atoms with Crippen molar-refractivity contribution in [2.24, 2.45) is 11.8 Å². The zero-order chi connectivity index (χ0) is 24.6. The Morgan fingerprint density at radius 3 is 2.50 bits per heavy atom. The van der Waals surface area contributed by atoms with Crippen LogP contribution in [0.25, 0.3) is 0 Å². The van der Waals surface area contributed by atoms with Gasteiger partial charge in [0.1, 0.15) is 0 Å². The summed E-state index contributed by atoms with van der Waals surface area (Å²) in [5.41, 5.74) is 1.78. The Morgan fingerprint density at radius 2 is 1.85 bits per heavy atom. The maximum atomic E-state index is 12.3. The Labute approximate surface area is 194 Å². The summed E-state index contributed by atoms with van der Waals surface area (Å²) in [6.45, 7) is 6.12. The monoisotopic (exact) mass is 484 g/mol. The van der Waals surface area contributed by atoms with Gasteiger partial charge in [-0.05, 0) is 30.9 Å². The highest BCUT2D eigenvalue weighted by atomic mass is 19.4. The van der Waals surface area contributed by atoms with Gasteiger partial charge in [-0.1, -0.05) is 0 Å². The van der Waals surface area contributed by atoms with E-state index in [2.05, 4.69) is 36.3 Å². The molecule has 0 aromatic carbocycles. The summed E-state index contributed by atoms with van der Waals surface area (Å²) >= 11 is 0. The van der Waals surface area contributed by atoms with Gasteiger partial charge >= 0.3 is 12.1 Å². The van der Waals surface area contributed by atoms with Crippen LogP contribution in [0.3, 0.4) is 0 Å². The van der Waals surface area contributed by atoms with Gasteiger partial charge in [0.05, 0.1) is 23.7 Å². The van der Waals surface area contributed by atoms with E-state index in [1.54, 1.807) is 6.07 Å². The minimum atomic E-state index is -5.08. The highest BCUT2D eigenvalue weighted by molar-refractivity contribution is 5.93. The number of fused-ring (bicyclic) bond motifs is 1. The fraction of sp³-hybridized carbons (Fsp3) is 0.571. The highest BCUT2D eigenvalue weighted by Crippen LogP contribution is 2.21. The molecule has 186 valence electrons. The lowest BCUT2D eigenvalue weighted by Crippen LogP contribution is -2.39. The van der Waals surface area contributed by atoms with Crippen LogP contribution < -0.4 is 5.32 Å². The van der Waals surface area contributed by atoms with Crippen molar-refractivity contribution in [1.82, 2.24) is 30.2 Å². The first kappa shape index (κ1) is 25.6. The molecule has 0 radical (unpaired) electrons. The van der Waals surface area contributed by atoms with Gasteiger partial charge in [-0.25, -0.2) is 4.79 Å². The van der Waals surface area contributed by atoms with Crippen LogP contribution in [-0.4, -0.2) is 80.9 Å². The predicted octanol–water partition coefficient (Wildman–Crippen LogP) is 1.59. The van der Waals surface area contributed by atoms with E-state index in [-0.39, 0.29) is 5.91 Å². The molecule has 1 amide bonds. The molecule has 1 saturated heterocycles. The molecule has 2 N–H and O–H groups in total. The molecule has 4 heterocycles. The Morgan fingerprint density at radius 1 is 1.12 bits per heavy atom. The second kappa shape index (κ2) is 11.9. The van der Waals surface area contributed by atoms with Crippen molar-refractivity contribution in [2.45, 2.75) is 32.1 Å². The summed E-state index contributed by atoms with van der Waals surface area (Å²) in [5.74, 6) is -1.87. The predicted molar refractivity (Wildman–Crippen MR) is 113 cm³/mol. The molecule has 2 aliphatic rings. The largest absolute Gasteiger partial charge is 0.490 e. The molecule has 13 heteroatoms. The SMILES string of the molecule is O=C(NCC1CN(CC2CCOCC2)Cc2ccnn2C1)c1ccnnc1.O=C(O)C(F)(F)F. The van der Waals surface area contributed by atoms with Crippen molar-refractivity contribution in [3.8, 4) is 0 Å². The van der Waals surface area contributed by atoms with Crippen LogP contribution >= 0.6 is 0 Å². The van der Waals surface area contributed by atoms with Crippen molar-refractivity contribution in [1.29, 1.82) is 0 Å². The summed E-state index contributed by atoms with van der Waals surface area (Å²) in [7, 11) is 0. The molecule has 34 heavy (non-hydrogen) atoms. The highest BCUT2D eigenvalue weighted by Gasteiger charge is 2.38. The van der Waals surface area contributed by atoms with E-state index in [9.17, 15) is 18.0 Å². The van der Waals surface area contributed by atoms with Gasteiger partial charge in [0.25, 0.3) is 5.91 Å². The number of hydrogen-bond acceptors (Lipinski definition) is 7. The van der Waals surface area contributed by atoms with Crippen molar-refractivity contribution < 1.29 is 32.6 Å². The first-order valence-electron chi connectivity index (χ1n) is 10.9. The van der Waals surface area contributed by atoms with Crippen LogP contribution in [0.4, 0.5) is 13.2 Å². The number of carboxylic acids is 1. The van der Waals surface area contributed by atoms with Gasteiger partial charge in [0.2, 0.25) is 0 Å². The van der Waals surface area contributed by atoms with E-state index in [0.29, 0.717) is 23.9 Å². The van der Waals surface area contributed by atoms with Gasteiger partial charge in [-0.3, -0.25) is 14.4 Å². The lowest BCUT2D eigenvalue weighted by molar-refractivity contribution is -0.192. The van der Waals surface area contributed by atoms with E-state index >= 15 is 0 Å². The summed E-state index contributed by atoms with van der Waals surface area (Å²) in [6.07, 6.45) is 2.07. The zero-order valence-electron chi connectivity index (χ0n) is 18.4. The number of hydrogen-bond donors (Lipinski definition) is 2. The molecule has 2 aromatic heterocycles. The summed E-state index contributed by atoms with van der Waals surface area (Å²) in [6, 6.07) is 3.78. The third kappa shape index (κ3) is 7.76. The average Bonchev–Trinajstić information content (AvgIpc) is 3.17. The number of aliphatic carboxylic acids is 1. The number of rotatable bonds is 5. The lowest BCUT2D eigenvalue weighted by Gasteiger charge is -2.30. The Balaban J connectivity index is 0.000000406. The molecule has 1 unspecified atom stereocenters. The van der Waals surface area contributed by atoms with E-state index in [0.717, 1.165) is 52.2 Å². The van der Waals surface area contributed by atoms with Gasteiger partial charge in [0, 0.05) is 58.1 Å². The number of amides is 1. The third-order valence-electron chi connectivity index (χ3n) is 5.64. The quantitative estimate of drug-likeness (QED) is 0.656. The molecule has 2 aliphatic heterocycles. The number of nitrogens with zero attached hydrogens (tertiary/aromatic N) is 5. The standard InChI is InChI=1S/C19H26N6O2.C2HF3O2/c26-19(17-1-5-21-22-10-17)20-9-16-12-24(11-15-3-7-27-8-4-15)14-18-2-6-23-25(18)13-16;3-2(4,5)1(6)7/h1-2,5-6,10,15-16H,3-4,7-9,11-14H2,(H,20,26);(H,6,7). The summed E-state index contributed by atoms with van der Waals surface area (Å²) in [5, 5.41) is 22.1. The molecule has 4 rings (SSSR count). The maximum absolute atomic E-state index is 12.3.